The number of thiazole rings is 1. The number of hydrogen-bond donors (Lipinski definition) is 2. The summed E-state index contributed by atoms with van der Waals surface area (Å²) in [5, 5.41) is 5.44. The fourth-order valence-electron chi connectivity index (χ4n) is 1.58. The van der Waals surface area contributed by atoms with Crippen LogP contribution in [0.1, 0.15) is 55.5 Å². The van der Waals surface area contributed by atoms with Crippen LogP contribution in [-0.2, 0) is 6.54 Å². The summed E-state index contributed by atoms with van der Waals surface area (Å²) in [5.41, 5.74) is 6.31. The number of aromatic nitrogens is 1. The zero-order valence-corrected chi connectivity index (χ0v) is 13.5. The third-order valence-corrected chi connectivity index (χ3v) is 3.47. The molecule has 0 aliphatic heterocycles. The minimum Gasteiger partial charge on any atom is -0.351 e. The Morgan fingerprint density at radius 1 is 1.42 bits per heavy atom. The highest BCUT2D eigenvalue weighted by atomic mass is 35.5. The van der Waals surface area contributed by atoms with E-state index in [0.29, 0.717) is 24.2 Å². The molecule has 1 aromatic heterocycles. The first-order chi connectivity index (χ1) is 8.42. The van der Waals surface area contributed by atoms with Crippen LogP contribution in [0.15, 0.2) is 5.38 Å². The van der Waals surface area contributed by atoms with Crippen molar-refractivity contribution in [3.05, 3.63) is 16.1 Å². The van der Waals surface area contributed by atoms with Crippen LogP contribution in [0.5, 0.6) is 0 Å². The van der Waals surface area contributed by atoms with Crippen molar-refractivity contribution in [1.82, 2.24) is 10.3 Å². The summed E-state index contributed by atoms with van der Waals surface area (Å²) in [7, 11) is 0. The van der Waals surface area contributed by atoms with Crippen LogP contribution in [0.25, 0.3) is 0 Å². The molecule has 0 bridgehead atoms. The van der Waals surface area contributed by atoms with Gasteiger partial charge in [0.15, 0.2) is 0 Å². The van der Waals surface area contributed by atoms with E-state index < -0.39 is 0 Å². The molecule has 3 N–H and O–H groups in total. The summed E-state index contributed by atoms with van der Waals surface area (Å²) < 4.78 is 0. The molecule has 1 amide bonds. The van der Waals surface area contributed by atoms with Gasteiger partial charge < -0.3 is 11.1 Å². The molecule has 0 aromatic carbocycles. The Kier molecular flexibility index (Phi) is 8.22. The standard InChI is InChI=1S/C13H23N3OS.ClH/c1-13(2,3)6-4-5-7-15-12(17)10-9-18-11(8-14)16-10;/h9H,4-8,14H2,1-3H3,(H,15,17);1H. The lowest BCUT2D eigenvalue weighted by Crippen LogP contribution is -2.25. The Labute approximate surface area is 125 Å². The molecule has 0 aliphatic rings. The van der Waals surface area contributed by atoms with Crippen molar-refractivity contribution in [3.8, 4) is 0 Å². The van der Waals surface area contributed by atoms with Crippen molar-refractivity contribution >= 4 is 29.7 Å². The lowest BCUT2D eigenvalue weighted by molar-refractivity contribution is 0.0948. The number of nitrogens with zero attached hydrogens (tertiary/aromatic N) is 1. The second-order valence-electron chi connectivity index (χ2n) is 5.60. The molecule has 0 spiro atoms. The lowest BCUT2D eigenvalue weighted by Gasteiger charge is -2.17. The number of nitrogens with one attached hydrogen (secondary N) is 1. The number of carbonyl (C=O) groups is 1. The zero-order chi connectivity index (χ0) is 13.6. The van der Waals surface area contributed by atoms with E-state index in [-0.39, 0.29) is 18.3 Å². The van der Waals surface area contributed by atoms with Crippen molar-refractivity contribution in [2.24, 2.45) is 11.1 Å². The van der Waals surface area contributed by atoms with Gasteiger partial charge in [0, 0.05) is 18.5 Å². The van der Waals surface area contributed by atoms with Gasteiger partial charge in [0.05, 0.1) is 0 Å². The van der Waals surface area contributed by atoms with Gasteiger partial charge in [-0.2, -0.15) is 0 Å². The van der Waals surface area contributed by atoms with Gasteiger partial charge in [-0.15, -0.1) is 23.7 Å². The van der Waals surface area contributed by atoms with Gasteiger partial charge in [0.25, 0.3) is 5.91 Å². The summed E-state index contributed by atoms with van der Waals surface area (Å²) in [6, 6.07) is 0. The molecular weight excluding hydrogens is 282 g/mol. The maximum absolute atomic E-state index is 11.7. The highest BCUT2D eigenvalue weighted by Crippen LogP contribution is 2.21. The molecule has 0 fully saturated rings. The number of nitrogens with two attached hydrogens (primary N) is 1. The number of halogens is 1. The van der Waals surface area contributed by atoms with Gasteiger partial charge in [0.1, 0.15) is 10.7 Å². The van der Waals surface area contributed by atoms with Crippen molar-refractivity contribution < 1.29 is 4.79 Å². The van der Waals surface area contributed by atoms with Crippen LogP contribution in [0.3, 0.4) is 0 Å². The van der Waals surface area contributed by atoms with E-state index in [1.807, 2.05) is 0 Å². The quantitative estimate of drug-likeness (QED) is 0.794. The maximum Gasteiger partial charge on any atom is 0.270 e. The van der Waals surface area contributed by atoms with Crippen LogP contribution in [0.2, 0.25) is 0 Å². The number of amides is 1. The molecule has 19 heavy (non-hydrogen) atoms. The molecule has 1 heterocycles. The summed E-state index contributed by atoms with van der Waals surface area (Å²) in [6.45, 7) is 7.80. The lowest BCUT2D eigenvalue weighted by atomic mass is 9.90. The first-order valence-electron chi connectivity index (χ1n) is 6.35. The zero-order valence-electron chi connectivity index (χ0n) is 11.9. The van der Waals surface area contributed by atoms with Crippen molar-refractivity contribution in [1.29, 1.82) is 0 Å². The number of hydrogen-bond acceptors (Lipinski definition) is 4. The van der Waals surface area contributed by atoms with Crippen LogP contribution in [0, 0.1) is 5.41 Å². The smallest absolute Gasteiger partial charge is 0.270 e. The first kappa shape index (κ1) is 18.4. The van der Waals surface area contributed by atoms with Gasteiger partial charge >= 0.3 is 0 Å². The van der Waals surface area contributed by atoms with Gasteiger partial charge in [0.2, 0.25) is 0 Å². The highest BCUT2D eigenvalue weighted by molar-refractivity contribution is 7.09. The van der Waals surface area contributed by atoms with E-state index in [0.717, 1.165) is 17.8 Å². The predicted molar refractivity (Wildman–Crippen MR) is 82.9 cm³/mol. The molecule has 0 radical (unpaired) electrons. The monoisotopic (exact) mass is 305 g/mol. The Hall–Kier alpha value is -0.650. The van der Waals surface area contributed by atoms with Gasteiger partial charge in [-0.05, 0) is 18.3 Å². The molecule has 0 aliphatic carbocycles. The second-order valence-corrected chi connectivity index (χ2v) is 6.55. The highest BCUT2D eigenvalue weighted by Gasteiger charge is 2.11. The minimum absolute atomic E-state index is 0. The molecule has 110 valence electrons. The predicted octanol–water partition coefficient (Wildman–Crippen LogP) is 2.97. The Bertz CT molecular complexity index is 387. The largest absolute Gasteiger partial charge is 0.351 e. The van der Waals surface area contributed by atoms with Gasteiger partial charge in [-0.1, -0.05) is 27.2 Å². The molecule has 6 heteroatoms. The summed E-state index contributed by atoms with van der Waals surface area (Å²) in [4.78, 5) is 15.9. The van der Waals surface area contributed by atoms with Crippen LogP contribution >= 0.6 is 23.7 Å². The molecule has 0 atom stereocenters. The Morgan fingerprint density at radius 2 is 2.11 bits per heavy atom. The first-order valence-corrected chi connectivity index (χ1v) is 7.23. The van der Waals surface area contributed by atoms with Crippen LogP contribution < -0.4 is 11.1 Å². The van der Waals surface area contributed by atoms with Crippen molar-refractivity contribution in [2.75, 3.05) is 6.54 Å². The molecule has 0 saturated carbocycles. The molecule has 0 saturated heterocycles. The average Bonchev–Trinajstić information content (AvgIpc) is 2.75. The Morgan fingerprint density at radius 3 is 2.63 bits per heavy atom. The number of unbranched alkanes of at least 4 members (excludes halogenated alkanes) is 1. The van der Waals surface area contributed by atoms with Crippen molar-refractivity contribution in [2.45, 2.75) is 46.6 Å². The van der Waals surface area contributed by atoms with E-state index in [2.05, 4.69) is 31.1 Å². The van der Waals surface area contributed by atoms with E-state index in [1.165, 1.54) is 17.8 Å². The van der Waals surface area contributed by atoms with Gasteiger partial charge in [-0.25, -0.2) is 4.98 Å². The molecule has 1 rings (SSSR count). The average molecular weight is 306 g/mol. The van der Waals surface area contributed by atoms with E-state index in [9.17, 15) is 4.79 Å². The fourth-order valence-corrected chi connectivity index (χ4v) is 2.24. The third-order valence-electron chi connectivity index (χ3n) is 2.60. The molecule has 4 nitrogen and oxygen atoms in total. The van der Waals surface area contributed by atoms with E-state index >= 15 is 0 Å². The van der Waals surface area contributed by atoms with Crippen LogP contribution in [0.4, 0.5) is 0 Å². The summed E-state index contributed by atoms with van der Waals surface area (Å²) >= 11 is 1.43. The number of rotatable bonds is 6. The van der Waals surface area contributed by atoms with E-state index in [4.69, 9.17) is 5.73 Å². The fraction of sp³-hybridized carbons (Fsp3) is 0.692. The maximum atomic E-state index is 11.7. The summed E-state index contributed by atoms with van der Waals surface area (Å²) in [5.74, 6) is -0.0956. The summed E-state index contributed by atoms with van der Waals surface area (Å²) in [6.07, 6.45) is 3.32. The minimum atomic E-state index is -0.0956. The molecule has 1 aromatic rings. The second kappa shape index (κ2) is 8.51. The number of carbonyl (C=O) groups excluding carboxylic acids is 1. The van der Waals surface area contributed by atoms with Gasteiger partial charge in [-0.3, -0.25) is 4.79 Å². The van der Waals surface area contributed by atoms with Crippen LogP contribution in [-0.4, -0.2) is 17.4 Å². The van der Waals surface area contributed by atoms with E-state index in [1.54, 1.807) is 5.38 Å². The SMILES string of the molecule is CC(C)(C)CCCCNC(=O)c1csc(CN)n1.Cl. The Balaban J connectivity index is 0.00000324. The molecular formula is C13H24ClN3OS. The molecule has 0 unspecified atom stereocenters. The topological polar surface area (TPSA) is 68.0 Å². The normalized spacial score (nSPS) is 10.9. The van der Waals surface area contributed by atoms with Crippen molar-refractivity contribution in [3.63, 3.8) is 0 Å². The third kappa shape index (κ3) is 7.50.